The minimum atomic E-state index is -1.23. The van der Waals surface area contributed by atoms with Gasteiger partial charge in [0.05, 0.1) is 0 Å². The Balaban J connectivity index is 2.28. The van der Waals surface area contributed by atoms with E-state index in [2.05, 4.69) is 0 Å². The molecule has 5 heteroatoms. The van der Waals surface area contributed by atoms with E-state index in [0.29, 0.717) is 17.6 Å². The zero-order chi connectivity index (χ0) is 17.4. The van der Waals surface area contributed by atoms with Crippen LogP contribution >= 0.6 is 0 Å². The van der Waals surface area contributed by atoms with Gasteiger partial charge in [0.15, 0.2) is 11.5 Å². The van der Waals surface area contributed by atoms with Crippen molar-refractivity contribution >= 4 is 18.0 Å². The number of hydrogen-bond donors (Lipinski definition) is 1. The quantitative estimate of drug-likeness (QED) is 0.493. The minimum absolute atomic E-state index is 0.201. The van der Waals surface area contributed by atoms with Gasteiger partial charge < -0.3 is 14.6 Å². The van der Waals surface area contributed by atoms with Crippen molar-refractivity contribution < 1.29 is 24.2 Å². The normalized spacial score (nSPS) is 10.9. The molecule has 0 spiro atoms. The lowest BCUT2D eigenvalue weighted by Gasteiger charge is -2.11. The molecule has 122 valence electrons. The number of aliphatic carboxylic acids is 1. The van der Waals surface area contributed by atoms with Crippen LogP contribution in [0, 0.1) is 0 Å². The predicted octanol–water partition coefficient (Wildman–Crippen LogP) is 4.06. The molecular weight excluding hydrogens is 308 g/mol. The highest BCUT2D eigenvalue weighted by Gasteiger charge is 2.11. The summed E-state index contributed by atoms with van der Waals surface area (Å²) in [7, 11) is 0. The summed E-state index contributed by atoms with van der Waals surface area (Å²) in [4.78, 5) is 22.1. The van der Waals surface area contributed by atoms with Crippen LogP contribution in [0.5, 0.6) is 17.2 Å². The summed E-state index contributed by atoms with van der Waals surface area (Å²) in [6.45, 7) is 1.89. The SMILES string of the molecule is CC=Cc1ccc(OC(=O)/C=C\C(=O)O)c(Oc2ccccc2)c1. The van der Waals surface area contributed by atoms with Crippen LogP contribution in [0.25, 0.3) is 6.08 Å². The first-order valence-corrected chi connectivity index (χ1v) is 7.21. The Labute approximate surface area is 139 Å². The molecular formula is C19H16O5. The molecule has 0 aromatic heterocycles. The highest BCUT2D eigenvalue weighted by Crippen LogP contribution is 2.33. The molecule has 0 aliphatic heterocycles. The Morgan fingerprint density at radius 2 is 1.75 bits per heavy atom. The van der Waals surface area contributed by atoms with Gasteiger partial charge in [-0.2, -0.15) is 0 Å². The lowest BCUT2D eigenvalue weighted by atomic mass is 10.2. The molecule has 0 aliphatic carbocycles. The fourth-order valence-corrected chi connectivity index (χ4v) is 1.88. The number of carboxylic acid groups (broad SMARTS) is 1. The number of allylic oxidation sites excluding steroid dienone is 1. The van der Waals surface area contributed by atoms with Crippen molar-refractivity contribution in [1.29, 1.82) is 0 Å². The van der Waals surface area contributed by atoms with Crippen molar-refractivity contribution in [3.05, 3.63) is 72.3 Å². The van der Waals surface area contributed by atoms with Crippen molar-refractivity contribution in [2.24, 2.45) is 0 Å². The Bertz CT molecular complexity index is 776. The van der Waals surface area contributed by atoms with E-state index in [9.17, 15) is 9.59 Å². The number of para-hydroxylation sites is 1. The first-order chi connectivity index (χ1) is 11.6. The van der Waals surface area contributed by atoms with Crippen LogP contribution in [0.15, 0.2) is 66.8 Å². The highest BCUT2D eigenvalue weighted by atomic mass is 16.6. The zero-order valence-corrected chi connectivity index (χ0v) is 13.0. The Kier molecular flexibility index (Phi) is 5.91. The molecule has 24 heavy (non-hydrogen) atoms. The molecule has 0 saturated heterocycles. The van der Waals surface area contributed by atoms with Crippen molar-refractivity contribution in [2.45, 2.75) is 6.92 Å². The summed E-state index contributed by atoms with van der Waals surface area (Å²) in [6, 6.07) is 14.2. The number of benzene rings is 2. The third-order valence-electron chi connectivity index (χ3n) is 2.87. The second-order valence-electron chi connectivity index (χ2n) is 4.71. The monoisotopic (exact) mass is 324 g/mol. The number of carbonyl (C=O) groups excluding carboxylic acids is 1. The van der Waals surface area contributed by atoms with Crippen LogP contribution in [-0.4, -0.2) is 17.0 Å². The van der Waals surface area contributed by atoms with Gasteiger partial charge in [-0.05, 0) is 36.8 Å². The average molecular weight is 324 g/mol. The van der Waals surface area contributed by atoms with E-state index in [4.69, 9.17) is 14.6 Å². The van der Waals surface area contributed by atoms with E-state index < -0.39 is 11.9 Å². The van der Waals surface area contributed by atoms with Gasteiger partial charge in [0.25, 0.3) is 0 Å². The van der Waals surface area contributed by atoms with Gasteiger partial charge in [-0.15, -0.1) is 0 Å². The first kappa shape index (κ1) is 17.0. The summed E-state index contributed by atoms with van der Waals surface area (Å²) in [5.41, 5.74) is 0.879. The van der Waals surface area contributed by atoms with Crippen molar-refractivity contribution in [3.63, 3.8) is 0 Å². The third kappa shape index (κ3) is 5.14. The molecule has 1 N–H and O–H groups in total. The maximum Gasteiger partial charge on any atom is 0.336 e. The molecule has 2 aromatic carbocycles. The maximum absolute atomic E-state index is 11.7. The van der Waals surface area contributed by atoms with E-state index in [1.165, 1.54) is 0 Å². The molecule has 0 bridgehead atoms. The standard InChI is InChI=1S/C19H16O5/c1-2-6-14-9-10-16(24-19(22)12-11-18(20)21)17(13-14)23-15-7-4-3-5-8-15/h2-13H,1H3,(H,20,21)/b6-2?,12-11-. The summed E-state index contributed by atoms with van der Waals surface area (Å²) in [5.74, 6) is -0.875. The molecule has 5 nitrogen and oxygen atoms in total. The van der Waals surface area contributed by atoms with Gasteiger partial charge in [0.2, 0.25) is 0 Å². The number of ether oxygens (including phenoxy) is 2. The number of rotatable bonds is 6. The molecule has 0 heterocycles. The van der Waals surface area contributed by atoms with Crippen LogP contribution in [0.1, 0.15) is 12.5 Å². The Morgan fingerprint density at radius 3 is 2.42 bits per heavy atom. The van der Waals surface area contributed by atoms with Crippen LogP contribution in [0.2, 0.25) is 0 Å². The van der Waals surface area contributed by atoms with Gasteiger partial charge in [-0.3, -0.25) is 0 Å². The number of carbonyl (C=O) groups is 2. The van der Waals surface area contributed by atoms with E-state index in [1.54, 1.807) is 30.3 Å². The van der Waals surface area contributed by atoms with Gasteiger partial charge in [0.1, 0.15) is 5.75 Å². The number of carboxylic acids is 1. The van der Waals surface area contributed by atoms with Crippen LogP contribution in [-0.2, 0) is 9.59 Å². The Hall–Kier alpha value is -3.34. The Morgan fingerprint density at radius 1 is 1.00 bits per heavy atom. The minimum Gasteiger partial charge on any atom is -0.478 e. The molecule has 0 radical (unpaired) electrons. The first-order valence-electron chi connectivity index (χ1n) is 7.21. The van der Waals surface area contributed by atoms with Gasteiger partial charge in [0, 0.05) is 12.2 Å². The average Bonchev–Trinajstić information content (AvgIpc) is 2.56. The second kappa shape index (κ2) is 8.33. The topological polar surface area (TPSA) is 72.8 Å². The maximum atomic E-state index is 11.7. The van der Waals surface area contributed by atoms with E-state index in [-0.39, 0.29) is 5.75 Å². The van der Waals surface area contributed by atoms with Crippen molar-refractivity contribution in [3.8, 4) is 17.2 Å². The number of esters is 1. The fourth-order valence-electron chi connectivity index (χ4n) is 1.88. The van der Waals surface area contributed by atoms with Gasteiger partial charge >= 0.3 is 11.9 Å². The van der Waals surface area contributed by atoms with Crippen LogP contribution < -0.4 is 9.47 Å². The van der Waals surface area contributed by atoms with Crippen molar-refractivity contribution in [2.75, 3.05) is 0 Å². The van der Waals surface area contributed by atoms with Crippen LogP contribution in [0.3, 0.4) is 0 Å². The molecule has 0 aliphatic rings. The molecule has 0 saturated carbocycles. The number of hydrogen-bond acceptors (Lipinski definition) is 4. The van der Waals surface area contributed by atoms with Gasteiger partial charge in [-0.1, -0.05) is 36.4 Å². The van der Waals surface area contributed by atoms with E-state index in [0.717, 1.165) is 11.6 Å². The lowest BCUT2D eigenvalue weighted by Crippen LogP contribution is -2.06. The molecule has 0 amide bonds. The second-order valence-corrected chi connectivity index (χ2v) is 4.71. The molecule has 2 aromatic rings. The molecule has 0 unspecified atom stereocenters. The predicted molar refractivity (Wildman–Crippen MR) is 90.1 cm³/mol. The highest BCUT2D eigenvalue weighted by molar-refractivity contribution is 5.92. The lowest BCUT2D eigenvalue weighted by molar-refractivity contribution is -0.133. The summed E-state index contributed by atoms with van der Waals surface area (Å²) in [5, 5.41) is 8.55. The largest absolute Gasteiger partial charge is 0.478 e. The smallest absolute Gasteiger partial charge is 0.336 e. The van der Waals surface area contributed by atoms with Gasteiger partial charge in [-0.25, -0.2) is 9.59 Å². The van der Waals surface area contributed by atoms with E-state index in [1.807, 2.05) is 37.3 Å². The third-order valence-corrected chi connectivity index (χ3v) is 2.87. The van der Waals surface area contributed by atoms with E-state index >= 15 is 0 Å². The fraction of sp³-hybridized carbons (Fsp3) is 0.0526. The molecule has 0 atom stereocenters. The summed E-state index contributed by atoms with van der Waals surface area (Å²) >= 11 is 0. The summed E-state index contributed by atoms with van der Waals surface area (Å²) < 4.78 is 10.9. The summed E-state index contributed by atoms with van der Waals surface area (Å²) in [6.07, 6.45) is 5.32. The van der Waals surface area contributed by atoms with Crippen molar-refractivity contribution in [1.82, 2.24) is 0 Å². The molecule has 2 rings (SSSR count). The zero-order valence-electron chi connectivity index (χ0n) is 13.0. The van der Waals surface area contributed by atoms with Crippen LogP contribution in [0.4, 0.5) is 0 Å². The molecule has 0 fully saturated rings.